The average Bonchev–Trinajstić information content (AvgIpc) is 3.25. The SMILES string of the molecule is CC(C)OC(=O)C1=CN(C(=O)c2ccc(F)c(F)c2)CC(C)(C)c2c1[nH]c1ccc(OCc3ccccc3)cc21. The minimum Gasteiger partial charge on any atom is -0.489 e. The molecule has 0 saturated carbocycles. The van der Waals surface area contributed by atoms with Gasteiger partial charge in [0.1, 0.15) is 12.4 Å². The fourth-order valence-electron chi connectivity index (χ4n) is 5.04. The van der Waals surface area contributed by atoms with Gasteiger partial charge in [0, 0.05) is 34.6 Å². The number of halogens is 2. The van der Waals surface area contributed by atoms with Crippen molar-refractivity contribution in [2.75, 3.05) is 6.54 Å². The van der Waals surface area contributed by atoms with Crippen LogP contribution in [0.5, 0.6) is 5.75 Å². The fourth-order valence-corrected chi connectivity index (χ4v) is 5.04. The van der Waals surface area contributed by atoms with Crippen LogP contribution in [0.4, 0.5) is 8.78 Å². The molecule has 1 amide bonds. The van der Waals surface area contributed by atoms with Crippen LogP contribution in [0.2, 0.25) is 0 Å². The van der Waals surface area contributed by atoms with Crippen molar-refractivity contribution >= 4 is 28.4 Å². The summed E-state index contributed by atoms with van der Waals surface area (Å²) in [5.41, 5.74) is 2.64. The Morgan fingerprint density at radius 2 is 1.75 bits per heavy atom. The maximum Gasteiger partial charge on any atom is 0.342 e. The van der Waals surface area contributed by atoms with E-state index in [0.717, 1.165) is 34.2 Å². The molecule has 0 aliphatic carbocycles. The van der Waals surface area contributed by atoms with Crippen LogP contribution in [0.25, 0.3) is 16.5 Å². The third kappa shape index (κ3) is 5.34. The molecule has 0 fully saturated rings. The predicted molar refractivity (Wildman–Crippen MR) is 149 cm³/mol. The Kier molecular flexibility index (Phi) is 7.19. The van der Waals surface area contributed by atoms with Crippen molar-refractivity contribution in [3.63, 3.8) is 0 Å². The minimum atomic E-state index is -1.12. The van der Waals surface area contributed by atoms with E-state index in [1.165, 1.54) is 17.2 Å². The van der Waals surface area contributed by atoms with Crippen LogP contribution in [0.1, 0.15) is 54.9 Å². The Morgan fingerprint density at radius 1 is 1.00 bits per heavy atom. The summed E-state index contributed by atoms with van der Waals surface area (Å²) >= 11 is 0. The van der Waals surface area contributed by atoms with Crippen LogP contribution in [0, 0.1) is 11.6 Å². The first-order chi connectivity index (χ1) is 19.0. The van der Waals surface area contributed by atoms with Crippen molar-refractivity contribution < 1.29 is 27.8 Å². The van der Waals surface area contributed by atoms with Gasteiger partial charge in [-0.2, -0.15) is 0 Å². The molecule has 3 aromatic carbocycles. The summed E-state index contributed by atoms with van der Waals surface area (Å²) in [7, 11) is 0. The highest BCUT2D eigenvalue weighted by atomic mass is 19.2. The van der Waals surface area contributed by atoms with Gasteiger partial charge in [-0.3, -0.25) is 4.79 Å². The van der Waals surface area contributed by atoms with Crippen LogP contribution in [0.3, 0.4) is 0 Å². The van der Waals surface area contributed by atoms with Gasteiger partial charge in [-0.05, 0) is 61.4 Å². The van der Waals surface area contributed by atoms with E-state index < -0.39 is 35.0 Å². The van der Waals surface area contributed by atoms with Gasteiger partial charge < -0.3 is 19.4 Å². The maximum atomic E-state index is 14.0. The summed E-state index contributed by atoms with van der Waals surface area (Å²) in [5.74, 6) is -2.69. The average molecular weight is 545 g/mol. The van der Waals surface area contributed by atoms with Crippen LogP contribution in [-0.2, 0) is 21.6 Å². The van der Waals surface area contributed by atoms with Crippen LogP contribution < -0.4 is 4.74 Å². The Hall–Kier alpha value is -4.46. The number of hydrogen-bond acceptors (Lipinski definition) is 4. The first kappa shape index (κ1) is 27.1. The zero-order valence-corrected chi connectivity index (χ0v) is 22.8. The molecule has 40 heavy (non-hydrogen) atoms. The maximum absolute atomic E-state index is 14.0. The summed E-state index contributed by atoms with van der Waals surface area (Å²) in [6.45, 7) is 7.97. The highest BCUT2D eigenvalue weighted by Gasteiger charge is 2.38. The van der Waals surface area contributed by atoms with Crippen molar-refractivity contribution in [3.8, 4) is 5.75 Å². The second-order valence-corrected chi connectivity index (χ2v) is 10.8. The van der Waals surface area contributed by atoms with E-state index in [0.29, 0.717) is 18.1 Å². The molecule has 0 saturated heterocycles. The van der Waals surface area contributed by atoms with Crippen molar-refractivity contribution in [1.82, 2.24) is 9.88 Å². The molecule has 0 unspecified atom stereocenters. The lowest BCUT2D eigenvalue weighted by molar-refractivity contribution is -0.140. The van der Waals surface area contributed by atoms with Gasteiger partial charge in [0.2, 0.25) is 0 Å². The highest BCUT2D eigenvalue weighted by Crippen LogP contribution is 2.41. The molecular weight excluding hydrogens is 514 g/mol. The van der Waals surface area contributed by atoms with E-state index in [1.54, 1.807) is 13.8 Å². The molecule has 206 valence electrons. The smallest absolute Gasteiger partial charge is 0.342 e. The fraction of sp³-hybridized carbons (Fsp3) is 0.250. The second-order valence-electron chi connectivity index (χ2n) is 10.8. The predicted octanol–water partition coefficient (Wildman–Crippen LogP) is 6.75. The Labute approximate surface area is 231 Å². The van der Waals surface area contributed by atoms with Crippen LogP contribution in [0.15, 0.2) is 72.9 Å². The van der Waals surface area contributed by atoms with Gasteiger partial charge in [0.05, 0.1) is 17.4 Å². The lowest BCUT2D eigenvalue weighted by Gasteiger charge is -2.29. The topological polar surface area (TPSA) is 71.6 Å². The van der Waals surface area contributed by atoms with E-state index in [2.05, 4.69) is 4.98 Å². The lowest BCUT2D eigenvalue weighted by atomic mass is 9.81. The molecular formula is C32H30F2N2O4. The Morgan fingerprint density at radius 3 is 2.45 bits per heavy atom. The summed E-state index contributed by atoms with van der Waals surface area (Å²) < 4.78 is 39.2. The number of carbonyl (C=O) groups excluding carboxylic acids is 2. The molecule has 5 rings (SSSR count). The zero-order valence-electron chi connectivity index (χ0n) is 22.8. The highest BCUT2D eigenvalue weighted by molar-refractivity contribution is 6.18. The number of hydrogen-bond donors (Lipinski definition) is 1. The lowest BCUT2D eigenvalue weighted by Crippen LogP contribution is -2.37. The molecule has 0 spiro atoms. The number of carbonyl (C=O) groups is 2. The molecule has 8 heteroatoms. The Bertz CT molecular complexity index is 1620. The third-order valence-corrected chi connectivity index (χ3v) is 6.81. The molecule has 1 N–H and O–H groups in total. The monoisotopic (exact) mass is 544 g/mol. The first-order valence-corrected chi connectivity index (χ1v) is 13.1. The van der Waals surface area contributed by atoms with Gasteiger partial charge in [0.15, 0.2) is 11.6 Å². The number of amides is 1. The molecule has 0 radical (unpaired) electrons. The second kappa shape index (κ2) is 10.6. The number of benzene rings is 3. The number of aromatic nitrogens is 1. The molecule has 1 aliphatic rings. The van der Waals surface area contributed by atoms with E-state index in [1.807, 2.05) is 62.4 Å². The van der Waals surface area contributed by atoms with Crippen LogP contribution >= 0.6 is 0 Å². The third-order valence-electron chi connectivity index (χ3n) is 6.81. The largest absolute Gasteiger partial charge is 0.489 e. The summed E-state index contributed by atoms with van der Waals surface area (Å²) in [4.78, 5) is 31.6. The van der Waals surface area contributed by atoms with Crippen LogP contribution in [-0.4, -0.2) is 34.4 Å². The van der Waals surface area contributed by atoms with Gasteiger partial charge >= 0.3 is 5.97 Å². The summed E-state index contributed by atoms with van der Waals surface area (Å²) in [6.07, 6.45) is 1.04. The first-order valence-electron chi connectivity index (χ1n) is 13.1. The van der Waals surface area contributed by atoms with Gasteiger partial charge in [-0.15, -0.1) is 0 Å². The molecule has 6 nitrogen and oxygen atoms in total. The molecule has 2 heterocycles. The number of esters is 1. The number of ether oxygens (including phenoxy) is 2. The molecule has 0 atom stereocenters. The zero-order chi connectivity index (χ0) is 28.6. The standard InChI is InChI=1S/C32H30F2N2O4/c1-19(2)40-31(38)24-16-36(30(37)21-10-12-25(33)26(34)14-21)18-32(3,4)28-23-15-22(11-13-27(23)35-29(24)28)39-17-20-8-6-5-7-9-20/h5-16,19,35H,17-18H2,1-4H3. The number of aromatic amines is 1. The molecule has 0 bridgehead atoms. The van der Waals surface area contributed by atoms with Crippen molar-refractivity contribution in [3.05, 3.63) is 107 Å². The van der Waals surface area contributed by atoms with Gasteiger partial charge in [-0.25, -0.2) is 13.6 Å². The quantitative estimate of drug-likeness (QED) is 0.273. The summed E-state index contributed by atoms with van der Waals surface area (Å²) in [5, 5.41) is 0.843. The van der Waals surface area contributed by atoms with Crippen molar-refractivity contribution in [2.45, 2.75) is 45.8 Å². The van der Waals surface area contributed by atoms with E-state index in [9.17, 15) is 18.4 Å². The molecule has 1 aromatic heterocycles. The van der Waals surface area contributed by atoms with E-state index in [-0.39, 0.29) is 17.7 Å². The number of nitrogens with one attached hydrogen (secondary N) is 1. The van der Waals surface area contributed by atoms with Gasteiger partial charge in [0.25, 0.3) is 5.91 Å². The van der Waals surface area contributed by atoms with Gasteiger partial charge in [-0.1, -0.05) is 44.2 Å². The molecule has 4 aromatic rings. The van der Waals surface area contributed by atoms with Crippen molar-refractivity contribution in [1.29, 1.82) is 0 Å². The van der Waals surface area contributed by atoms with E-state index in [4.69, 9.17) is 9.47 Å². The van der Waals surface area contributed by atoms with E-state index >= 15 is 0 Å². The normalized spacial score (nSPS) is 14.5. The number of fused-ring (bicyclic) bond motifs is 3. The summed E-state index contributed by atoms with van der Waals surface area (Å²) in [6, 6.07) is 18.5. The molecule has 1 aliphatic heterocycles. The minimum absolute atomic E-state index is 0.0328. The number of H-pyrrole nitrogens is 1. The number of rotatable bonds is 6. The number of nitrogens with zero attached hydrogens (tertiary/aromatic N) is 1. The van der Waals surface area contributed by atoms with Crippen molar-refractivity contribution in [2.24, 2.45) is 0 Å². The Balaban J connectivity index is 1.59.